The number of amides is 2. The van der Waals surface area contributed by atoms with E-state index in [1.165, 1.54) is 24.0 Å². The fraction of sp³-hybridized carbons (Fsp3) is 0.320. The fourth-order valence-electron chi connectivity index (χ4n) is 4.38. The molecule has 34 heavy (non-hydrogen) atoms. The van der Waals surface area contributed by atoms with Crippen molar-refractivity contribution < 1.29 is 19.1 Å². The molecule has 1 aromatic heterocycles. The Morgan fingerprint density at radius 1 is 1.21 bits per heavy atom. The Bertz CT molecular complexity index is 1240. The van der Waals surface area contributed by atoms with Crippen molar-refractivity contribution in [3.63, 3.8) is 0 Å². The van der Waals surface area contributed by atoms with Gasteiger partial charge in [-0.1, -0.05) is 11.6 Å². The first kappa shape index (κ1) is 22.7. The molecule has 0 saturated carbocycles. The van der Waals surface area contributed by atoms with Crippen molar-refractivity contribution in [3.05, 3.63) is 57.9 Å². The lowest BCUT2D eigenvalue weighted by Crippen LogP contribution is -2.41. The van der Waals surface area contributed by atoms with Gasteiger partial charge in [-0.05, 0) is 54.8 Å². The Kier molecular flexibility index (Phi) is 6.43. The zero-order valence-electron chi connectivity index (χ0n) is 18.7. The van der Waals surface area contributed by atoms with Crippen LogP contribution in [0.5, 0.6) is 11.5 Å². The second-order valence-electron chi connectivity index (χ2n) is 8.36. The van der Waals surface area contributed by atoms with E-state index in [1.54, 1.807) is 23.1 Å². The number of thiazole rings is 1. The minimum absolute atomic E-state index is 0.0595. The molecular formula is C25H24ClN3O4S. The number of rotatable bonds is 5. The van der Waals surface area contributed by atoms with Crippen LogP contribution < -0.4 is 14.8 Å². The van der Waals surface area contributed by atoms with Crippen molar-refractivity contribution in [2.45, 2.75) is 19.3 Å². The number of piperidine rings is 1. The molecule has 5 rings (SSSR count). The van der Waals surface area contributed by atoms with E-state index >= 15 is 0 Å². The lowest BCUT2D eigenvalue weighted by molar-refractivity contribution is -0.121. The van der Waals surface area contributed by atoms with Crippen molar-refractivity contribution in [2.24, 2.45) is 5.92 Å². The van der Waals surface area contributed by atoms with E-state index in [4.69, 9.17) is 21.1 Å². The highest BCUT2D eigenvalue weighted by atomic mass is 35.5. The van der Waals surface area contributed by atoms with Crippen LogP contribution in [0.1, 0.15) is 28.8 Å². The third-order valence-corrected chi connectivity index (χ3v) is 7.26. The summed E-state index contributed by atoms with van der Waals surface area (Å²) in [6.07, 6.45) is 2.08. The number of ether oxygens (including phenoxy) is 2. The molecule has 2 aliphatic heterocycles. The summed E-state index contributed by atoms with van der Waals surface area (Å²) in [5, 5.41) is 5.97. The Labute approximate surface area is 206 Å². The first-order valence-electron chi connectivity index (χ1n) is 11.2. The molecule has 2 aliphatic rings. The molecule has 2 amide bonds. The minimum atomic E-state index is -0.171. The minimum Gasteiger partial charge on any atom is -0.496 e. The lowest BCUT2D eigenvalue weighted by Gasteiger charge is -2.31. The van der Waals surface area contributed by atoms with Gasteiger partial charge in [-0.3, -0.25) is 9.59 Å². The van der Waals surface area contributed by atoms with Gasteiger partial charge in [0.25, 0.3) is 5.91 Å². The van der Waals surface area contributed by atoms with Crippen LogP contribution in [-0.4, -0.2) is 48.5 Å². The van der Waals surface area contributed by atoms with E-state index in [9.17, 15) is 9.59 Å². The summed E-state index contributed by atoms with van der Waals surface area (Å²) in [5.41, 5.74) is 3.48. The van der Waals surface area contributed by atoms with Gasteiger partial charge in [0.1, 0.15) is 11.5 Å². The topological polar surface area (TPSA) is 80.8 Å². The van der Waals surface area contributed by atoms with Gasteiger partial charge in [0, 0.05) is 41.4 Å². The molecule has 9 heteroatoms. The Balaban J connectivity index is 1.18. The van der Waals surface area contributed by atoms with Crippen molar-refractivity contribution in [1.82, 2.24) is 9.88 Å². The van der Waals surface area contributed by atoms with Gasteiger partial charge in [0.15, 0.2) is 5.13 Å². The van der Waals surface area contributed by atoms with Crippen LogP contribution in [0.4, 0.5) is 5.13 Å². The van der Waals surface area contributed by atoms with Gasteiger partial charge in [0.2, 0.25) is 5.91 Å². The van der Waals surface area contributed by atoms with Crippen molar-refractivity contribution >= 4 is 39.9 Å². The van der Waals surface area contributed by atoms with Crippen LogP contribution in [0, 0.1) is 5.92 Å². The fourth-order valence-corrected chi connectivity index (χ4v) is 5.27. The molecular weight excluding hydrogens is 474 g/mol. The normalized spacial score (nSPS) is 15.5. The number of hydrogen-bond donors (Lipinski definition) is 1. The zero-order chi connectivity index (χ0) is 23.7. The number of halogens is 1. The largest absolute Gasteiger partial charge is 0.496 e. The van der Waals surface area contributed by atoms with E-state index in [0.717, 1.165) is 23.4 Å². The number of benzene rings is 2. The third-order valence-electron chi connectivity index (χ3n) is 6.26. The number of nitrogens with zero attached hydrogens (tertiary/aromatic N) is 2. The molecule has 176 valence electrons. The highest BCUT2D eigenvalue weighted by Gasteiger charge is 2.29. The van der Waals surface area contributed by atoms with Gasteiger partial charge in [0.05, 0.1) is 25.0 Å². The smallest absolute Gasteiger partial charge is 0.257 e. The molecule has 3 heterocycles. The summed E-state index contributed by atoms with van der Waals surface area (Å²) in [6.45, 7) is 1.70. The number of methoxy groups -OCH3 is 1. The van der Waals surface area contributed by atoms with Gasteiger partial charge in [-0.25, -0.2) is 4.98 Å². The predicted octanol–water partition coefficient (Wildman–Crippen LogP) is 4.90. The van der Waals surface area contributed by atoms with Crippen molar-refractivity contribution in [2.75, 3.05) is 32.1 Å². The van der Waals surface area contributed by atoms with Crippen molar-refractivity contribution in [1.29, 1.82) is 0 Å². The van der Waals surface area contributed by atoms with Crippen LogP contribution >= 0.6 is 22.9 Å². The molecule has 7 nitrogen and oxygen atoms in total. The average Bonchev–Trinajstić information content (AvgIpc) is 3.52. The average molecular weight is 498 g/mol. The molecule has 0 radical (unpaired) electrons. The number of hydrogen-bond acceptors (Lipinski definition) is 6. The van der Waals surface area contributed by atoms with E-state index in [0.29, 0.717) is 54.0 Å². The quantitative estimate of drug-likeness (QED) is 0.542. The maximum Gasteiger partial charge on any atom is 0.257 e. The first-order chi connectivity index (χ1) is 16.5. The van der Waals surface area contributed by atoms with Crippen LogP contribution in [-0.2, 0) is 11.2 Å². The Morgan fingerprint density at radius 3 is 2.82 bits per heavy atom. The van der Waals surface area contributed by atoms with Gasteiger partial charge >= 0.3 is 0 Å². The van der Waals surface area contributed by atoms with E-state index in [2.05, 4.69) is 16.4 Å². The first-order valence-corrected chi connectivity index (χ1v) is 12.4. The van der Waals surface area contributed by atoms with E-state index in [1.807, 2.05) is 17.5 Å². The second-order valence-corrected chi connectivity index (χ2v) is 9.65. The molecule has 1 N–H and O–H groups in total. The predicted molar refractivity (Wildman–Crippen MR) is 132 cm³/mol. The number of nitrogens with one attached hydrogen (secondary N) is 1. The maximum absolute atomic E-state index is 13.0. The second kappa shape index (κ2) is 9.64. The monoisotopic (exact) mass is 497 g/mol. The van der Waals surface area contributed by atoms with E-state index < -0.39 is 0 Å². The number of carbonyl (C=O) groups excluding carboxylic acids is 2. The number of aromatic nitrogens is 1. The third kappa shape index (κ3) is 4.60. The molecule has 1 fully saturated rings. The molecule has 3 aromatic rings. The van der Waals surface area contributed by atoms with E-state index in [-0.39, 0.29) is 17.7 Å². The zero-order valence-corrected chi connectivity index (χ0v) is 20.2. The summed E-state index contributed by atoms with van der Waals surface area (Å²) >= 11 is 7.49. The summed E-state index contributed by atoms with van der Waals surface area (Å²) in [6, 6.07) is 11.1. The molecule has 0 aliphatic carbocycles. The van der Waals surface area contributed by atoms with Crippen LogP contribution in [0.15, 0.2) is 41.8 Å². The maximum atomic E-state index is 13.0. The Hall–Kier alpha value is -3.10. The molecule has 0 unspecified atom stereocenters. The molecule has 0 spiro atoms. The van der Waals surface area contributed by atoms with Crippen molar-refractivity contribution in [3.8, 4) is 22.8 Å². The van der Waals surface area contributed by atoms with Gasteiger partial charge in [-0.15, -0.1) is 11.3 Å². The number of carbonyl (C=O) groups is 2. The summed E-state index contributed by atoms with van der Waals surface area (Å²) in [5.74, 6) is 1.06. The van der Waals surface area contributed by atoms with Gasteiger partial charge < -0.3 is 19.7 Å². The van der Waals surface area contributed by atoms with Crippen LogP contribution in [0.25, 0.3) is 11.3 Å². The standard InChI is InChI=1S/C25H24ClN3O4S/c1-32-22-5-3-18(26)13-19(22)24(31)29-9-6-15(7-10-29)23(30)28-25-27-20(14-34-25)16-2-4-21-17(12-16)8-11-33-21/h2-5,12-15H,6-11H2,1H3,(H,27,28,30). The highest BCUT2D eigenvalue weighted by molar-refractivity contribution is 7.14. The number of anilines is 1. The number of likely N-dealkylation sites (tertiary alicyclic amines) is 1. The lowest BCUT2D eigenvalue weighted by atomic mass is 9.95. The Morgan fingerprint density at radius 2 is 2.03 bits per heavy atom. The summed E-state index contributed by atoms with van der Waals surface area (Å²) in [4.78, 5) is 32.2. The van der Waals surface area contributed by atoms with Gasteiger partial charge in [-0.2, -0.15) is 0 Å². The van der Waals surface area contributed by atoms with Crippen LogP contribution in [0.3, 0.4) is 0 Å². The summed E-state index contributed by atoms with van der Waals surface area (Å²) in [7, 11) is 1.53. The van der Waals surface area contributed by atoms with Crippen LogP contribution in [0.2, 0.25) is 5.02 Å². The highest BCUT2D eigenvalue weighted by Crippen LogP contribution is 2.32. The SMILES string of the molecule is COc1ccc(Cl)cc1C(=O)N1CCC(C(=O)Nc2nc(-c3ccc4c(c3)CCO4)cs2)CC1. The summed E-state index contributed by atoms with van der Waals surface area (Å²) < 4.78 is 10.9. The number of fused-ring (bicyclic) bond motifs is 1. The molecule has 0 atom stereocenters. The molecule has 2 aromatic carbocycles. The molecule has 1 saturated heterocycles. The molecule has 0 bridgehead atoms.